The second-order valence-corrected chi connectivity index (χ2v) is 5.03. The summed E-state index contributed by atoms with van der Waals surface area (Å²) >= 11 is 1.52. The smallest absolute Gasteiger partial charge is 0.323 e. The number of thiophene rings is 1. The topological polar surface area (TPSA) is 57.6 Å². The summed E-state index contributed by atoms with van der Waals surface area (Å²) in [7, 11) is 0. The Hall–Kier alpha value is -1.36. The van der Waals surface area contributed by atoms with E-state index in [4.69, 9.17) is 5.11 Å². The lowest BCUT2D eigenvalue weighted by molar-refractivity contribution is -0.137. The molecule has 94 valence electrons. The van der Waals surface area contributed by atoms with Crippen molar-refractivity contribution in [2.45, 2.75) is 27.2 Å². The van der Waals surface area contributed by atoms with Gasteiger partial charge in [0.1, 0.15) is 6.54 Å². The maximum Gasteiger partial charge on any atom is 0.323 e. The molecule has 0 aliphatic heterocycles. The first-order valence-electron chi connectivity index (χ1n) is 5.53. The zero-order chi connectivity index (χ0) is 13.0. The molecule has 1 aromatic heterocycles. The van der Waals surface area contributed by atoms with Crippen molar-refractivity contribution >= 4 is 23.2 Å². The first-order valence-corrected chi connectivity index (χ1v) is 6.41. The van der Waals surface area contributed by atoms with E-state index in [1.165, 1.54) is 16.2 Å². The van der Waals surface area contributed by atoms with Crippen LogP contribution in [0.2, 0.25) is 0 Å². The summed E-state index contributed by atoms with van der Waals surface area (Å²) in [5.41, 5.74) is 1.58. The maximum atomic E-state index is 12.2. The molecule has 0 saturated heterocycles. The van der Waals surface area contributed by atoms with Gasteiger partial charge in [-0.15, -0.1) is 11.3 Å². The molecule has 5 heteroatoms. The summed E-state index contributed by atoms with van der Waals surface area (Å²) in [5, 5.41) is 10.6. The van der Waals surface area contributed by atoms with Crippen molar-refractivity contribution in [2.75, 3.05) is 13.1 Å². The van der Waals surface area contributed by atoms with Crippen LogP contribution in [0.15, 0.2) is 5.38 Å². The number of carbonyl (C=O) groups excluding carboxylic acids is 1. The van der Waals surface area contributed by atoms with E-state index in [0.717, 1.165) is 16.9 Å². The lowest BCUT2D eigenvalue weighted by Gasteiger charge is -2.19. The first-order chi connectivity index (χ1) is 7.97. The minimum Gasteiger partial charge on any atom is -0.480 e. The molecule has 17 heavy (non-hydrogen) atoms. The summed E-state index contributed by atoms with van der Waals surface area (Å²) in [5.74, 6) is -1.16. The Labute approximate surface area is 105 Å². The molecule has 0 aliphatic carbocycles. The average molecular weight is 255 g/mol. The fraction of sp³-hybridized carbons (Fsp3) is 0.500. The molecule has 0 spiro atoms. The molecule has 1 heterocycles. The van der Waals surface area contributed by atoms with E-state index in [2.05, 4.69) is 0 Å². The quantitative estimate of drug-likeness (QED) is 0.878. The van der Waals surface area contributed by atoms with Gasteiger partial charge in [0, 0.05) is 16.8 Å². The number of rotatable bonds is 5. The van der Waals surface area contributed by atoms with Crippen molar-refractivity contribution in [3.05, 3.63) is 21.4 Å². The van der Waals surface area contributed by atoms with Gasteiger partial charge in [-0.1, -0.05) is 6.92 Å². The second-order valence-electron chi connectivity index (χ2n) is 3.95. The number of amides is 1. The predicted octanol–water partition coefficient (Wildman–Crippen LogP) is 2.30. The highest BCUT2D eigenvalue weighted by Crippen LogP contribution is 2.22. The molecule has 1 aromatic rings. The van der Waals surface area contributed by atoms with E-state index < -0.39 is 5.97 Å². The Morgan fingerprint density at radius 1 is 1.41 bits per heavy atom. The number of hydrogen-bond acceptors (Lipinski definition) is 3. The van der Waals surface area contributed by atoms with E-state index in [1.54, 1.807) is 5.38 Å². The number of carboxylic acids is 1. The first kappa shape index (κ1) is 13.7. The Kier molecular flexibility index (Phi) is 4.69. The van der Waals surface area contributed by atoms with Crippen LogP contribution in [0.5, 0.6) is 0 Å². The highest BCUT2D eigenvalue weighted by atomic mass is 32.1. The van der Waals surface area contributed by atoms with E-state index in [0.29, 0.717) is 12.1 Å². The van der Waals surface area contributed by atoms with Crippen LogP contribution in [0, 0.1) is 13.8 Å². The number of carboxylic acid groups (broad SMARTS) is 1. The predicted molar refractivity (Wildman–Crippen MR) is 67.6 cm³/mol. The number of aliphatic carboxylic acids is 1. The number of aryl methyl sites for hydroxylation is 1. The molecule has 0 bridgehead atoms. The van der Waals surface area contributed by atoms with Gasteiger partial charge in [0.05, 0.1) is 5.56 Å². The zero-order valence-electron chi connectivity index (χ0n) is 10.3. The lowest BCUT2D eigenvalue weighted by atomic mass is 10.1. The molecule has 0 aromatic carbocycles. The van der Waals surface area contributed by atoms with Gasteiger partial charge in [-0.05, 0) is 25.8 Å². The van der Waals surface area contributed by atoms with E-state index >= 15 is 0 Å². The molecular weight excluding hydrogens is 238 g/mol. The fourth-order valence-corrected chi connectivity index (χ4v) is 2.44. The standard InChI is InChI=1S/C12H17NO3S/c1-4-5-13(6-11(14)15)12(16)10-7-17-9(3)8(10)2/h7H,4-6H2,1-3H3,(H,14,15). The maximum absolute atomic E-state index is 12.2. The monoisotopic (exact) mass is 255 g/mol. The van der Waals surface area contributed by atoms with Gasteiger partial charge < -0.3 is 10.0 Å². The Morgan fingerprint density at radius 2 is 2.06 bits per heavy atom. The summed E-state index contributed by atoms with van der Waals surface area (Å²) in [6.07, 6.45) is 0.751. The van der Waals surface area contributed by atoms with Crippen LogP contribution in [0.25, 0.3) is 0 Å². The number of carbonyl (C=O) groups is 2. The number of hydrogen-bond donors (Lipinski definition) is 1. The minimum absolute atomic E-state index is 0.184. The summed E-state index contributed by atoms with van der Waals surface area (Å²) < 4.78 is 0. The zero-order valence-corrected chi connectivity index (χ0v) is 11.1. The van der Waals surface area contributed by atoms with Crippen molar-refractivity contribution in [1.29, 1.82) is 0 Å². The van der Waals surface area contributed by atoms with Crippen LogP contribution in [0.3, 0.4) is 0 Å². The van der Waals surface area contributed by atoms with Crippen molar-refractivity contribution in [3.8, 4) is 0 Å². The molecule has 0 fully saturated rings. The molecule has 0 saturated carbocycles. The third-order valence-electron chi connectivity index (χ3n) is 2.62. The Bertz CT molecular complexity index is 425. The summed E-state index contributed by atoms with van der Waals surface area (Å²) in [4.78, 5) is 25.4. The van der Waals surface area contributed by atoms with Crippen LogP contribution < -0.4 is 0 Å². The van der Waals surface area contributed by atoms with Gasteiger partial charge in [0.25, 0.3) is 5.91 Å². The van der Waals surface area contributed by atoms with Crippen molar-refractivity contribution in [2.24, 2.45) is 0 Å². The molecule has 1 amide bonds. The minimum atomic E-state index is -0.976. The fourth-order valence-electron chi connectivity index (χ4n) is 1.58. The Morgan fingerprint density at radius 3 is 2.47 bits per heavy atom. The summed E-state index contributed by atoms with van der Waals surface area (Å²) in [6, 6.07) is 0. The van der Waals surface area contributed by atoms with Crippen molar-refractivity contribution in [1.82, 2.24) is 4.90 Å². The summed E-state index contributed by atoms with van der Waals surface area (Å²) in [6.45, 7) is 6.01. The van der Waals surface area contributed by atoms with Crippen LogP contribution in [-0.2, 0) is 4.79 Å². The van der Waals surface area contributed by atoms with Crippen LogP contribution >= 0.6 is 11.3 Å². The van der Waals surface area contributed by atoms with Crippen molar-refractivity contribution < 1.29 is 14.7 Å². The molecular formula is C12H17NO3S. The van der Waals surface area contributed by atoms with Gasteiger partial charge in [0.2, 0.25) is 0 Å². The van der Waals surface area contributed by atoms with E-state index in [-0.39, 0.29) is 12.5 Å². The van der Waals surface area contributed by atoms with Crippen LogP contribution in [-0.4, -0.2) is 35.0 Å². The molecule has 4 nitrogen and oxygen atoms in total. The van der Waals surface area contributed by atoms with Gasteiger partial charge in [0.15, 0.2) is 0 Å². The highest BCUT2D eigenvalue weighted by Gasteiger charge is 2.20. The molecule has 0 atom stereocenters. The third-order valence-corrected chi connectivity index (χ3v) is 3.64. The van der Waals surface area contributed by atoms with E-state index in [9.17, 15) is 9.59 Å². The molecule has 0 aliphatic rings. The molecule has 1 rings (SSSR count). The van der Waals surface area contributed by atoms with E-state index in [1.807, 2.05) is 20.8 Å². The van der Waals surface area contributed by atoms with Crippen LogP contribution in [0.1, 0.15) is 34.1 Å². The highest BCUT2D eigenvalue weighted by molar-refractivity contribution is 7.10. The SMILES string of the molecule is CCCN(CC(=O)O)C(=O)c1csc(C)c1C. The second kappa shape index (κ2) is 5.82. The average Bonchev–Trinajstić information content (AvgIpc) is 2.58. The van der Waals surface area contributed by atoms with Gasteiger partial charge in [-0.25, -0.2) is 0 Å². The normalized spacial score (nSPS) is 10.3. The Balaban J connectivity index is 2.91. The van der Waals surface area contributed by atoms with Crippen LogP contribution in [0.4, 0.5) is 0 Å². The molecule has 0 radical (unpaired) electrons. The third kappa shape index (κ3) is 3.30. The van der Waals surface area contributed by atoms with Crippen molar-refractivity contribution in [3.63, 3.8) is 0 Å². The largest absolute Gasteiger partial charge is 0.480 e. The lowest BCUT2D eigenvalue weighted by Crippen LogP contribution is -2.36. The van der Waals surface area contributed by atoms with Gasteiger partial charge in [-0.3, -0.25) is 9.59 Å². The molecule has 1 N–H and O–H groups in total. The van der Waals surface area contributed by atoms with Gasteiger partial charge in [-0.2, -0.15) is 0 Å². The molecule has 0 unspecified atom stereocenters. The number of nitrogens with zero attached hydrogens (tertiary/aromatic N) is 1. The van der Waals surface area contributed by atoms with Gasteiger partial charge >= 0.3 is 5.97 Å².